The van der Waals surface area contributed by atoms with Crippen LogP contribution in [-0.4, -0.2) is 75.8 Å². The van der Waals surface area contributed by atoms with Crippen molar-refractivity contribution in [1.82, 2.24) is 19.8 Å². The first-order valence-corrected chi connectivity index (χ1v) is 12.1. The van der Waals surface area contributed by atoms with Gasteiger partial charge in [-0.15, -0.1) is 0 Å². The van der Waals surface area contributed by atoms with Gasteiger partial charge in [-0.2, -0.15) is 0 Å². The zero-order chi connectivity index (χ0) is 21.6. The van der Waals surface area contributed by atoms with E-state index in [-0.39, 0.29) is 35.7 Å². The van der Waals surface area contributed by atoms with E-state index in [4.69, 9.17) is 0 Å². The van der Waals surface area contributed by atoms with Crippen LogP contribution < -0.4 is 10.0 Å². The molecular formula is C21H32N4O4S. The molecule has 0 radical (unpaired) electrons. The summed E-state index contributed by atoms with van der Waals surface area (Å²) >= 11 is 0. The molecule has 8 nitrogen and oxygen atoms in total. The fourth-order valence-electron chi connectivity index (χ4n) is 4.00. The van der Waals surface area contributed by atoms with E-state index in [2.05, 4.69) is 10.0 Å². The summed E-state index contributed by atoms with van der Waals surface area (Å²) in [6.07, 6.45) is 3.89. The van der Waals surface area contributed by atoms with Gasteiger partial charge in [0.25, 0.3) is 0 Å². The van der Waals surface area contributed by atoms with Crippen LogP contribution in [-0.2, 0) is 19.6 Å². The average molecular weight is 437 g/mol. The number of carbonyl (C=O) groups is 2. The highest BCUT2D eigenvalue weighted by Gasteiger charge is 2.24. The number of hydrogen-bond donors (Lipinski definition) is 2. The molecule has 1 atom stereocenters. The zero-order valence-corrected chi connectivity index (χ0v) is 18.4. The van der Waals surface area contributed by atoms with Gasteiger partial charge in [0.15, 0.2) is 0 Å². The quantitative estimate of drug-likeness (QED) is 0.626. The Morgan fingerprint density at radius 2 is 1.77 bits per heavy atom. The molecular weight excluding hydrogens is 404 g/mol. The Labute approximate surface area is 179 Å². The van der Waals surface area contributed by atoms with Gasteiger partial charge in [0.05, 0.1) is 18.0 Å². The largest absolute Gasteiger partial charge is 0.346 e. The Morgan fingerprint density at radius 3 is 2.47 bits per heavy atom. The minimum Gasteiger partial charge on any atom is -0.346 e. The highest BCUT2D eigenvalue weighted by molar-refractivity contribution is 7.89. The standard InChI is InChI=1S/C21H32N4O4S/c1-17-6-8-19(9-7-17)30(28,29)23-13-18-5-4-10-24(15-18)16-20(26)22-14-21(27)25-11-2-3-12-25/h6-9,18,23H,2-5,10-16H2,1H3,(H,22,26). The molecule has 2 aliphatic rings. The molecule has 2 fully saturated rings. The first-order valence-electron chi connectivity index (χ1n) is 10.7. The molecule has 2 aliphatic heterocycles. The third-order valence-corrected chi connectivity index (χ3v) is 7.20. The van der Waals surface area contributed by atoms with Gasteiger partial charge in [0.2, 0.25) is 21.8 Å². The number of nitrogens with one attached hydrogen (secondary N) is 2. The molecule has 0 bridgehead atoms. The average Bonchev–Trinajstić information content (AvgIpc) is 3.26. The molecule has 1 aromatic rings. The number of sulfonamides is 1. The SMILES string of the molecule is Cc1ccc(S(=O)(=O)NCC2CCCN(CC(=O)NCC(=O)N3CCCC3)C2)cc1. The van der Waals surface area contributed by atoms with Crippen molar-refractivity contribution in [1.29, 1.82) is 0 Å². The van der Waals surface area contributed by atoms with Crippen molar-refractivity contribution in [3.05, 3.63) is 29.8 Å². The van der Waals surface area contributed by atoms with Gasteiger partial charge >= 0.3 is 0 Å². The molecule has 166 valence electrons. The van der Waals surface area contributed by atoms with E-state index in [1.54, 1.807) is 29.2 Å². The fraction of sp³-hybridized carbons (Fsp3) is 0.619. The number of piperidine rings is 1. The topological polar surface area (TPSA) is 98.8 Å². The monoisotopic (exact) mass is 436 g/mol. The lowest BCUT2D eigenvalue weighted by Gasteiger charge is -2.32. The number of benzene rings is 1. The molecule has 1 aromatic carbocycles. The van der Waals surface area contributed by atoms with Gasteiger partial charge in [-0.3, -0.25) is 14.5 Å². The second-order valence-corrected chi connectivity index (χ2v) is 10.0. The predicted octanol–water partition coefficient (Wildman–Crippen LogP) is 0.724. The smallest absolute Gasteiger partial charge is 0.241 e. The normalized spacial score (nSPS) is 20.3. The summed E-state index contributed by atoms with van der Waals surface area (Å²) in [5, 5.41) is 2.72. The van der Waals surface area contributed by atoms with E-state index >= 15 is 0 Å². The first-order chi connectivity index (χ1) is 14.3. The zero-order valence-electron chi connectivity index (χ0n) is 17.6. The minimum atomic E-state index is -3.53. The van der Waals surface area contributed by atoms with Crippen LogP contribution in [0.2, 0.25) is 0 Å². The Morgan fingerprint density at radius 1 is 1.07 bits per heavy atom. The lowest BCUT2D eigenvalue weighted by atomic mass is 9.98. The maximum atomic E-state index is 12.5. The number of carbonyl (C=O) groups excluding carboxylic acids is 2. The molecule has 2 heterocycles. The molecule has 2 saturated heterocycles. The van der Waals surface area contributed by atoms with E-state index in [0.717, 1.165) is 50.9 Å². The van der Waals surface area contributed by atoms with Crippen LogP contribution in [0.25, 0.3) is 0 Å². The molecule has 2 amide bonds. The molecule has 0 aromatic heterocycles. The maximum absolute atomic E-state index is 12.5. The van der Waals surface area contributed by atoms with Gasteiger partial charge in [-0.25, -0.2) is 13.1 Å². The highest BCUT2D eigenvalue weighted by atomic mass is 32.2. The molecule has 2 N–H and O–H groups in total. The Kier molecular flexibility index (Phi) is 7.85. The number of rotatable bonds is 8. The second kappa shape index (κ2) is 10.4. The summed E-state index contributed by atoms with van der Waals surface area (Å²) in [6, 6.07) is 6.78. The summed E-state index contributed by atoms with van der Waals surface area (Å²) in [5.41, 5.74) is 1.01. The third-order valence-electron chi connectivity index (χ3n) is 5.76. The lowest BCUT2D eigenvalue weighted by molar-refractivity contribution is -0.132. The molecule has 9 heteroatoms. The van der Waals surface area contributed by atoms with Crippen LogP contribution >= 0.6 is 0 Å². The highest BCUT2D eigenvalue weighted by Crippen LogP contribution is 2.17. The van der Waals surface area contributed by atoms with E-state index in [1.165, 1.54) is 0 Å². The lowest BCUT2D eigenvalue weighted by Crippen LogP contribution is -2.46. The van der Waals surface area contributed by atoms with Crippen molar-refractivity contribution in [2.45, 2.75) is 37.5 Å². The van der Waals surface area contributed by atoms with Crippen LogP contribution in [0.1, 0.15) is 31.2 Å². The van der Waals surface area contributed by atoms with E-state index in [0.29, 0.717) is 13.1 Å². The van der Waals surface area contributed by atoms with Crippen molar-refractivity contribution >= 4 is 21.8 Å². The Bertz CT molecular complexity index is 835. The molecule has 1 unspecified atom stereocenters. The van der Waals surface area contributed by atoms with E-state index in [9.17, 15) is 18.0 Å². The molecule has 0 saturated carbocycles. The van der Waals surface area contributed by atoms with Crippen LogP contribution in [0.3, 0.4) is 0 Å². The van der Waals surface area contributed by atoms with Crippen molar-refractivity contribution in [2.75, 3.05) is 45.8 Å². The number of nitrogens with zero attached hydrogens (tertiary/aromatic N) is 2. The van der Waals surface area contributed by atoms with Crippen LogP contribution in [0.15, 0.2) is 29.2 Å². The van der Waals surface area contributed by atoms with Crippen molar-refractivity contribution in [3.8, 4) is 0 Å². The summed E-state index contributed by atoms with van der Waals surface area (Å²) in [7, 11) is -3.53. The number of likely N-dealkylation sites (tertiary alicyclic amines) is 2. The van der Waals surface area contributed by atoms with Gasteiger partial charge in [0, 0.05) is 26.2 Å². The minimum absolute atomic E-state index is 0.0251. The van der Waals surface area contributed by atoms with Crippen LogP contribution in [0, 0.1) is 12.8 Å². The first kappa shape index (κ1) is 22.7. The predicted molar refractivity (Wildman–Crippen MR) is 114 cm³/mol. The van der Waals surface area contributed by atoms with E-state index in [1.807, 2.05) is 11.8 Å². The molecule has 0 aliphatic carbocycles. The molecule has 3 rings (SSSR count). The van der Waals surface area contributed by atoms with Gasteiger partial charge < -0.3 is 10.2 Å². The summed E-state index contributed by atoms with van der Waals surface area (Å²) in [6.45, 7) is 5.56. The number of amides is 2. The Hall–Kier alpha value is -1.97. The summed E-state index contributed by atoms with van der Waals surface area (Å²) in [4.78, 5) is 28.4. The van der Waals surface area contributed by atoms with Gasteiger partial charge in [-0.05, 0) is 57.2 Å². The molecule has 0 spiro atoms. The van der Waals surface area contributed by atoms with Crippen LogP contribution in [0.5, 0.6) is 0 Å². The van der Waals surface area contributed by atoms with Crippen molar-refractivity contribution in [2.24, 2.45) is 5.92 Å². The fourth-order valence-corrected chi connectivity index (χ4v) is 5.12. The van der Waals surface area contributed by atoms with Crippen molar-refractivity contribution in [3.63, 3.8) is 0 Å². The second-order valence-electron chi connectivity index (χ2n) is 8.27. The van der Waals surface area contributed by atoms with Crippen LogP contribution in [0.4, 0.5) is 0 Å². The van der Waals surface area contributed by atoms with Gasteiger partial charge in [-0.1, -0.05) is 17.7 Å². The van der Waals surface area contributed by atoms with Gasteiger partial charge in [0.1, 0.15) is 0 Å². The number of aryl methyl sites for hydroxylation is 1. The summed E-state index contributed by atoms with van der Waals surface area (Å²) in [5.74, 6) is -0.0377. The maximum Gasteiger partial charge on any atom is 0.241 e. The van der Waals surface area contributed by atoms with Crippen molar-refractivity contribution < 1.29 is 18.0 Å². The summed E-state index contributed by atoms with van der Waals surface area (Å²) < 4.78 is 27.7. The van der Waals surface area contributed by atoms with E-state index < -0.39 is 10.0 Å². The Balaban J connectivity index is 1.41. The molecule has 30 heavy (non-hydrogen) atoms. The number of hydrogen-bond acceptors (Lipinski definition) is 5. The third kappa shape index (κ3) is 6.52.